The molecule has 2 aromatic carbocycles. The largest absolute Gasteiger partial charge is 0.305 e. The number of pyridine rings is 1. The van der Waals surface area contributed by atoms with Crippen LogP contribution < -0.4 is 10.1 Å². The van der Waals surface area contributed by atoms with Crippen molar-refractivity contribution in [1.29, 1.82) is 0 Å². The summed E-state index contributed by atoms with van der Waals surface area (Å²) in [7, 11) is 0. The number of amides is 1. The second-order valence-corrected chi connectivity index (χ2v) is 7.21. The summed E-state index contributed by atoms with van der Waals surface area (Å²) in [5.74, 6) is 0.967. The number of carbonyl (C=O) groups is 1. The third-order valence-electron chi connectivity index (χ3n) is 4.98. The molecule has 2 atom stereocenters. The van der Waals surface area contributed by atoms with Crippen LogP contribution in [0.4, 0.5) is 0 Å². The summed E-state index contributed by atoms with van der Waals surface area (Å²) in [6.45, 7) is 1.95. The molecule has 1 N–H and O–H groups in total. The lowest BCUT2D eigenvalue weighted by atomic mass is 10.0. The van der Waals surface area contributed by atoms with Gasteiger partial charge < -0.3 is 0 Å². The Morgan fingerprint density at radius 3 is 2.19 bits per heavy atom. The van der Waals surface area contributed by atoms with E-state index in [1.54, 1.807) is 4.68 Å². The molecule has 130 valence electrons. The van der Waals surface area contributed by atoms with Crippen LogP contribution in [-0.4, -0.2) is 5.91 Å². The predicted octanol–water partition coefficient (Wildman–Crippen LogP) is 4.59. The molecule has 1 aliphatic rings. The van der Waals surface area contributed by atoms with E-state index in [9.17, 15) is 4.79 Å². The average molecular weight is 364 g/mol. The van der Waals surface area contributed by atoms with E-state index in [0.29, 0.717) is 17.4 Å². The summed E-state index contributed by atoms with van der Waals surface area (Å²) < 4.78 is 1.73. The van der Waals surface area contributed by atoms with Crippen molar-refractivity contribution in [2.45, 2.75) is 25.2 Å². The molecular formula is C22H20ClN2O+. The zero-order chi connectivity index (χ0) is 18.1. The maximum Gasteiger partial charge on any atom is 0.305 e. The SMILES string of the molecule is Cc1cccc[n+]1NC(=O)c1ccc(C2CC2c2ccc(Cl)cc2)cc1. The first-order chi connectivity index (χ1) is 12.6. The van der Waals surface area contributed by atoms with Gasteiger partial charge >= 0.3 is 5.91 Å². The van der Waals surface area contributed by atoms with E-state index in [0.717, 1.165) is 17.1 Å². The van der Waals surface area contributed by atoms with Crippen LogP contribution in [0.1, 0.15) is 45.4 Å². The Morgan fingerprint density at radius 1 is 0.962 bits per heavy atom. The minimum absolute atomic E-state index is 0.110. The second kappa shape index (κ2) is 6.93. The van der Waals surface area contributed by atoms with Crippen molar-refractivity contribution in [2.75, 3.05) is 5.43 Å². The number of nitrogens with one attached hydrogen (secondary N) is 1. The van der Waals surface area contributed by atoms with E-state index >= 15 is 0 Å². The highest BCUT2D eigenvalue weighted by atomic mass is 35.5. The Morgan fingerprint density at radius 2 is 1.58 bits per heavy atom. The number of benzene rings is 2. The molecule has 1 amide bonds. The summed E-state index contributed by atoms with van der Waals surface area (Å²) >= 11 is 5.97. The van der Waals surface area contributed by atoms with E-state index in [1.165, 1.54) is 11.1 Å². The van der Waals surface area contributed by atoms with Crippen LogP contribution in [0, 0.1) is 6.92 Å². The minimum Gasteiger partial charge on any atom is -0.264 e. The lowest BCUT2D eigenvalue weighted by Crippen LogP contribution is -2.50. The summed E-state index contributed by atoms with van der Waals surface area (Å²) in [5, 5.41) is 0.771. The smallest absolute Gasteiger partial charge is 0.264 e. The number of halogens is 1. The van der Waals surface area contributed by atoms with E-state index < -0.39 is 0 Å². The third kappa shape index (κ3) is 3.49. The summed E-state index contributed by atoms with van der Waals surface area (Å²) in [6, 6.07) is 21.8. The molecule has 1 fully saturated rings. The van der Waals surface area contributed by atoms with Gasteiger partial charge in [-0.25, -0.2) is 0 Å². The number of carbonyl (C=O) groups excluding carboxylic acids is 1. The highest BCUT2D eigenvalue weighted by Crippen LogP contribution is 2.54. The maximum absolute atomic E-state index is 12.4. The number of hydrogen-bond acceptors (Lipinski definition) is 1. The lowest BCUT2D eigenvalue weighted by Gasteiger charge is -2.05. The molecule has 4 heteroatoms. The molecule has 1 saturated carbocycles. The molecule has 3 nitrogen and oxygen atoms in total. The summed E-state index contributed by atoms with van der Waals surface area (Å²) in [4.78, 5) is 12.4. The van der Waals surface area contributed by atoms with E-state index in [1.807, 2.05) is 55.6 Å². The number of rotatable bonds is 4. The van der Waals surface area contributed by atoms with Crippen molar-refractivity contribution < 1.29 is 9.47 Å². The van der Waals surface area contributed by atoms with E-state index in [2.05, 4.69) is 29.7 Å². The van der Waals surface area contributed by atoms with Crippen molar-refractivity contribution in [3.63, 3.8) is 0 Å². The molecule has 0 aliphatic heterocycles. The maximum atomic E-state index is 12.4. The predicted molar refractivity (Wildman–Crippen MR) is 103 cm³/mol. The molecule has 2 unspecified atom stereocenters. The van der Waals surface area contributed by atoms with Crippen molar-refractivity contribution >= 4 is 17.5 Å². The van der Waals surface area contributed by atoms with Gasteiger partial charge in [0.1, 0.15) is 0 Å². The summed E-state index contributed by atoms with van der Waals surface area (Å²) in [5.41, 5.74) is 7.14. The van der Waals surface area contributed by atoms with Crippen molar-refractivity contribution in [3.05, 3.63) is 100 Å². The Labute approximate surface area is 158 Å². The molecule has 0 bridgehead atoms. The fourth-order valence-corrected chi connectivity index (χ4v) is 3.48. The average Bonchev–Trinajstić information content (AvgIpc) is 3.45. The number of aryl methyl sites for hydroxylation is 1. The van der Waals surface area contributed by atoms with Crippen LogP contribution in [0.25, 0.3) is 0 Å². The Hall–Kier alpha value is -2.65. The quantitative estimate of drug-likeness (QED) is 0.675. The third-order valence-corrected chi connectivity index (χ3v) is 5.23. The first-order valence-electron chi connectivity index (χ1n) is 8.76. The highest BCUT2D eigenvalue weighted by Gasteiger charge is 2.39. The number of aromatic nitrogens is 1. The van der Waals surface area contributed by atoms with E-state index in [-0.39, 0.29) is 5.91 Å². The fourth-order valence-electron chi connectivity index (χ4n) is 3.35. The van der Waals surface area contributed by atoms with Crippen LogP contribution in [-0.2, 0) is 0 Å². The van der Waals surface area contributed by atoms with Crippen LogP contribution in [0.3, 0.4) is 0 Å². The normalized spacial score (nSPS) is 18.4. The topological polar surface area (TPSA) is 33.0 Å². The number of hydrogen-bond donors (Lipinski definition) is 1. The lowest BCUT2D eigenvalue weighted by molar-refractivity contribution is -0.647. The van der Waals surface area contributed by atoms with Gasteiger partial charge in [-0.3, -0.25) is 4.79 Å². The van der Waals surface area contributed by atoms with Gasteiger partial charge in [-0.05, 0) is 59.7 Å². The van der Waals surface area contributed by atoms with Gasteiger partial charge in [0.05, 0.1) is 0 Å². The Kier molecular flexibility index (Phi) is 4.48. The van der Waals surface area contributed by atoms with Gasteiger partial charge in [0.2, 0.25) is 5.69 Å². The first kappa shape index (κ1) is 16.8. The molecule has 0 radical (unpaired) electrons. The first-order valence-corrected chi connectivity index (χ1v) is 9.14. The monoisotopic (exact) mass is 363 g/mol. The minimum atomic E-state index is -0.110. The zero-order valence-corrected chi connectivity index (χ0v) is 15.3. The van der Waals surface area contributed by atoms with Crippen LogP contribution in [0.2, 0.25) is 5.02 Å². The van der Waals surface area contributed by atoms with Gasteiger partial charge in [0, 0.05) is 29.6 Å². The fraction of sp³-hybridized carbons (Fsp3) is 0.182. The Bertz CT molecular complexity index is 935. The van der Waals surface area contributed by atoms with Gasteiger partial charge in [-0.15, -0.1) is 5.43 Å². The Balaban J connectivity index is 1.43. The molecule has 1 aromatic heterocycles. The standard InChI is InChI=1S/C22H19ClN2O/c1-15-4-2-3-13-25(15)24-22(26)18-7-5-16(6-8-18)20-14-21(20)17-9-11-19(23)12-10-17/h2-13,20-21H,14H2,1H3/p+1. The van der Waals surface area contributed by atoms with Gasteiger partial charge in [-0.1, -0.05) is 40.5 Å². The second-order valence-electron chi connectivity index (χ2n) is 6.78. The molecular weight excluding hydrogens is 344 g/mol. The molecule has 1 aliphatic carbocycles. The molecule has 0 spiro atoms. The summed E-state index contributed by atoms with van der Waals surface area (Å²) in [6.07, 6.45) is 2.98. The van der Waals surface area contributed by atoms with E-state index in [4.69, 9.17) is 11.6 Å². The molecule has 3 aromatic rings. The molecule has 26 heavy (non-hydrogen) atoms. The van der Waals surface area contributed by atoms with Gasteiger partial charge in [0.25, 0.3) is 0 Å². The molecule has 0 saturated heterocycles. The van der Waals surface area contributed by atoms with Crippen LogP contribution >= 0.6 is 11.6 Å². The van der Waals surface area contributed by atoms with Crippen molar-refractivity contribution in [2.24, 2.45) is 0 Å². The van der Waals surface area contributed by atoms with Crippen LogP contribution in [0.15, 0.2) is 72.9 Å². The highest BCUT2D eigenvalue weighted by molar-refractivity contribution is 6.30. The molecule has 4 rings (SSSR count). The van der Waals surface area contributed by atoms with Crippen LogP contribution in [0.5, 0.6) is 0 Å². The van der Waals surface area contributed by atoms with Gasteiger partial charge in [0.15, 0.2) is 6.20 Å². The van der Waals surface area contributed by atoms with Crippen molar-refractivity contribution in [1.82, 2.24) is 0 Å². The molecule has 1 heterocycles. The van der Waals surface area contributed by atoms with Gasteiger partial charge in [-0.2, -0.15) is 0 Å². The number of nitrogens with zero attached hydrogens (tertiary/aromatic N) is 1. The zero-order valence-electron chi connectivity index (χ0n) is 14.5. The van der Waals surface area contributed by atoms with Crippen molar-refractivity contribution in [3.8, 4) is 0 Å².